The molecular weight excluding hydrogens is 572 g/mol. The number of nitrogens with one attached hydrogen (secondary N) is 1. The molecule has 0 fully saturated rings. The maximum Gasteiger partial charge on any atom is 0.335 e. The van der Waals surface area contributed by atoms with E-state index in [-0.39, 0.29) is 20.9 Å². The summed E-state index contributed by atoms with van der Waals surface area (Å²) in [6.45, 7) is 3.66. The number of hydrogen-bond acceptors (Lipinski definition) is 6. The van der Waals surface area contributed by atoms with Gasteiger partial charge in [0.25, 0.3) is 0 Å². The summed E-state index contributed by atoms with van der Waals surface area (Å²) >= 11 is 0. The molecule has 1 aliphatic rings. The number of methoxy groups -OCH3 is 1. The van der Waals surface area contributed by atoms with Crippen molar-refractivity contribution >= 4 is 26.0 Å². The summed E-state index contributed by atoms with van der Waals surface area (Å²) in [6, 6.07) is 28.1. The Balaban J connectivity index is 1.86. The highest BCUT2D eigenvalue weighted by atomic mass is 32.2. The predicted octanol–water partition coefficient (Wildman–Crippen LogP) is 4.98. The quantitative estimate of drug-likeness (QED) is 0.285. The van der Waals surface area contributed by atoms with E-state index < -0.39 is 37.7 Å². The molecule has 1 heterocycles. The number of benzene rings is 4. The van der Waals surface area contributed by atoms with E-state index in [0.29, 0.717) is 5.56 Å². The largest absolute Gasteiger partial charge is 0.466 e. The summed E-state index contributed by atoms with van der Waals surface area (Å²) in [4.78, 5) is 13.2. The van der Waals surface area contributed by atoms with Crippen LogP contribution in [0.2, 0.25) is 0 Å². The molecule has 2 atom stereocenters. The molecule has 5 rings (SSSR count). The summed E-state index contributed by atoms with van der Waals surface area (Å²) in [6.07, 6.45) is 1.35. The van der Waals surface area contributed by atoms with Crippen molar-refractivity contribution in [3.63, 3.8) is 0 Å². The Morgan fingerprint density at radius 2 is 1.24 bits per heavy atom. The molecule has 4 aromatic carbocycles. The fourth-order valence-electron chi connectivity index (χ4n) is 5.11. The van der Waals surface area contributed by atoms with Crippen LogP contribution in [0.3, 0.4) is 0 Å². The summed E-state index contributed by atoms with van der Waals surface area (Å²) < 4.78 is 66.5. The number of carbonyl (C=O) groups is 1. The molecule has 0 aliphatic carbocycles. The van der Waals surface area contributed by atoms with Gasteiger partial charge in [-0.3, -0.25) is 0 Å². The minimum atomic E-state index is -4.50. The van der Waals surface area contributed by atoms with Crippen molar-refractivity contribution in [3.8, 4) is 0 Å². The van der Waals surface area contributed by atoms with Crippen molar-refractivity contribution < 1.29 is 26.4 Å². The summed E-state index contributed by atoms with van der Waals surface area (Å²) in [5.74, 6) is -0.791. The number of sulfonamides is 2. The van der Waals surface area contributed by atoms with Crippen molar-refractivity contribution in [1.82, 2.24) is 9.03 Å². The van der Waals surface area contributed by atoms with Crippen LogP contribution in [0, 0.1) is 13.8 Å². The lowest BCUT2D eigenvalue weighted by Crippen LogP contribution is -2.57. The van der Waals surface area contributed by atoms with Gasteiger partial charge in [0.1, 0.15) is 5.66 Å². The van der Waals surface area contributed by atoms with Crippen LogP contribution in [0.1, 0.15) is 28.3 Å². The third kappa shape index (κ3) is 5.30. The standard InChI is InChI=1S/C32H30N2O6S2/c1-23-14-18-27(19-15-23)41(36,37)33-32(26-12-8-5-9-13-26)22-29(31(35)40-3)30(25-10-6-4-7-11-25)34(32)42(38,39)28-20-16-24(2)17-21-28/h4-22,30,33H,1-3H3/t30-,32+/m0/s1. The lowest BCUT2D eigenvalue weighted by atomic mass is 10.00. The minimum Gasteiger partial charge on any atom is -0.466 e. The summed E-state index contributed by atoms with van der Waals surface area (Å²) in [5, 5.41) is 0. The van der Waals surface area contributed by atoms with Gasteiger partial charge < -0.3 is 4.74 Å². The van der Waals surface area contributed by atoms with Crippen LogP contribution >= 0.6 is 0 Å². The highest BCUT2D eigenvalue weighted by Crippen LogP contribution is 2.50. The first kappa shape index (κ1) is 29.4. The van der Waals surface area contributed by atoms with E-state index >= 15 is 0 Å². The van der Waals surface area contributed by atoms with E-state index in [2.05, 4.69) is 4.72 Å². The second-order valence-corrected chi connectivity index (χ2v) is 13.6. The Morgan fingerprint density at radius 1 is 0.738 bits per heavy atom. The van der Waals surface area contributed by atoms with Gasteiger partial charge in [-0.1, -0.05) is 96.1 Å². The molecular formula is C32H30N2O6S2. The molecule has 0 unspecified atom stereocenters. The Morgan fingerprint density at radius 3 is 1.76 bits per heavy atom. The average molecular weight is 603 g/mol. The van der Waals surface area contributed by atoms with Crippen LogP contribution in [0.15, 0.2) is 131 Å². The minimum absolute atomic E-state index is 0.0326. The van der Waals surface area contributed by atoms with Crippen molar-refractivity contribution in [2.24, 2.45) is 0 Å². The molecule has 0 aromatic heterocycles. The number of aryl methyl sites for hydroxylation is 2. The lowest BCUT2D eigenvalue weighted by Gasteiger charge is -2.40. The Bertz CT molecular complexity index is 1840. The third-order valence-electron chi connectivity index (χ3n) is 7.19. The van der Waals surface area contributed by atoms with Crippen LogP contribution < -0.4 is 4.72 Å². The first-order valence-electron chi connectivity index (χ1n) is 13.1. The fourth-order valence-corrected chi connectivity index (χ4v) is 8.26. The second kappa shape index (κ2) is 11.3. The molecule has 0 radical (unpaired) electrons. The summed E-state index contributed by atoms with van der Waals surface area (Å²) in [5.41, 5.74) is 0.354. The smallest absolute Gasteiger partial charge is 0.335 e. The van der Waals surface area contributed by atoms with E-state index in [4.69, 9.17) is 4.74 Å². The van der Waals surface area contributed by atoms with E-state index in [1.807, 2.05) is 13.8 Å². The van der Waals surface area contributed by atoms with Crippen molar-refractivity contribution in [2.75, 3.05) is 7.11 Å². The van der Waals surface area contributed by atoms with Gasteiger partial charge in [0.2, 0.25) is 20.0 Å². The normalized spacial score (nSPS) is 19.3. The number of esters is 1. The Labute approximate surface area is 246 Å². The number of rotatable bonds is 8. The van der Waals surface area contributed by atoms with Gasteiger partial charge in [0, 0.05) is 0 Å². The number of ether oxygens (including phenoxy) is 1. The zero-order valence-electron chi connectivity index (χ0n) is 23.3. The maximum absolute atomic E-state index is 14.7. The van der Waals surface area contributed by atoms with Gasteiger partial charge >= 0.3 is 5.97 Å². The molecule has 4 aromatic rings. The molecule has 0 amide bonds. The van der Waals surface area contributed by atoms with Crippen molar-refractivity contribution in [1.29, 1.82) is 0 Å². The van der Waals surface area contributed by atoms with Crippen LogP contribution in [0.25, 0.3) is 0 Å². The first-order chi connectivity index (χ1) is 20.0. The molecule has 0 saturated heterocycles. The molecule has 0 spiro atoms. The van der Waals surface area contributed by atoms with Gasteiger partial charge in [0.05, 0.1) is 28.5 Å². The van der Waals surface area contributed by atoms with Crippen LogP contribution in [-0.4, -0.2) is 34.2 Å². The Kier molecular flexibility index (Phi) is 7.91. The van der Waals surface area contributed by atoms with Crippen molar-refractivity contribution in [3.05, 3.63) is 143 Å². The summed E-state index contributed by atoms with van der Waals surface area (Å²) in [7, 11) is -7.66. The van der Waals surface area contributed by atoms with Crippen LogP contribution in [-0.2, 0) is 35.2 Å². The van der Waals surface area contributed by atoms with E-state index in [9.17, 15) is 21.6 Å². The lowest BCUT2D eigenvalue weighted by molar-refractivity contribution is -0.136. The average Bonchev–Trinajstić information content (AvgIpc) is 3.34. The second-order valence-electron chi connectivity index (χ2n) is 10.1. The van der Waals surface area contributed by atoms with Crippen molar-refractivity contribution in [2.45, 2.75) is 35.3 Å². The zero-order chi connectivity index (χ0) is 30.1. The molecule has 216 valence electrons. The van der Waals surface area contributed by atoms with E-state index in [0.717, 1.165) is 15.4 Å². The van der Waals surface area contributed by atoms with Crippen LogP contribution in [0.5, 0.6) is 0 Å². The van der Waals surface area contributed by atoms with Crippen LogP contribution in [0.4, 0.5) is 0 Å². The topological polar surface area (TPSA) is 110 Å². The van der Waals surface area contributed by atoms with Gasteiger partial charge in [0.15, 0.2) is 0 Å². The first-order valence-corrected chi connectivity index (χ1v) is 16.1. The third-order valence-corrected chi connectivity index (χ3v) is 10.5. The van der Waals surface area contributed by atoms with Gasteiger partial charge in [-0.05, 0) is 55.3 Å². The molecule has 10 heteroatoms. The SMILES string of the molecule is COC(=O)C1=C[C@](NS(=O)(=O)c2ccc(C)cc2)(c2ccccc2)N(S(=O)(=O)c2ccc(C)cc2)[C@H]1c1ccccc1. The number of nitrogens with zero attached hydrogens (tertiary/aromatic N) is 1. The van der Waals surface area contributed by atoms with E-state index in [1.54, 1.807) is 84.9 Å². The number of hydrogen-bond donors (Lipinski definition) is 1. The molecule has 42 heavy (non-hydrogen) atoms. The molecule has 1 N–H and O–H groups in total. The van der Waals surface area contributed by atoms with Gasteiger partial charge in [-0.25, -0.2) is 21.6 Å². The molecule has 0 bridgehead atoms. The predicted molar refractivity (Wildman–Crippen MR) is 159 cm³/mol. The number of carbonyl (C=O) groups excluding carboxylic acids is 1. The highest BCUT2D eigenvalue weighted by Gasteiger charge is 2.57. The highest BCUT2D eigenvalue weighted by molar-refractivity contribution is 7.90. The fraction of sp³-hybridized carbons (Fsp3) is 0.156. The van der Waals surface area contributed by atoms with Gasteiger partial charge in [-0.15, -0.1) is 0 Å². The monoisotopic (exact) mass is 602 g/mol. The maximum atomic E-state index is 14.7. The molecule has 0 saturated carbocycles. The molecule has 1 aliphatic heterocycles. The zero-order valence-corrected chi connectivity index (χ0v) is 24.9. The molecule has 8 nitrogen and oxygen atoms in total. The van der Waals surface area contributed by atoms with E-state index in [1.165, 1.54) is 37.5 Å². The Hall–Kier alpha value is -4.09. The van der Waals surface area contributed by atoms with Gasteiger partial charge in [-0.2, -0.15) is 9.03 Å².